The summed E-state index contributed by atoms with van der Waals surface area (Å²) in [6.45, 7) is 7.15. The smallest absolute Gasteiger partial charge is 0.317 e. The van der Waals surface area contributed by atoms with E-state index in [9.17, 15) is 4.79 Å². The van der Waals surface area contributed by atoms with E-state index < -0.39 is 0 Å². The van der Waals surface area contributed by atoms with Crippen LogP contribution in [0.4, 0.5) is 4.79 Å². The summed E-state index contributed by atoms with van der Waals surface area (Å²) in [5.74, 6) is 0.616. The van der Waals surface area contributed by atoms with Crippen LogP contribution in [0.2, 0.25) is 5.02 Å². The van der Waals surface area contributed by atoms with Crippen molar-refractivity contribution in [3.63, 3.8) is 0 Å². The third kappa shape index (κ3) is 4.00. The molecule has 2 amide bonds. The van der Waals surface area contributed by atoms with Crippen LogP contribution in [0.3, 0.4) is 0 Å². The summed E-state index contributed by atoms with van der Waals surface area (Å²) < 4.78 is 5.82. The minimum absolute atomic E-state index is 0.0272. The molecule has 0 aromatic carbocycles. The predicted octanol–water partition coefficient (Wildman–Crippen LogP) is 2.70. The maximum atomic E-state index is 12.0. The second-order valence-corrected chi connectivity index (χ2v) is 6.37. The first-order chi connectivity index (χ1) is 9.35. The molecule has 1 N–H and O–H groups in total. The Labute approximate surface area is 124 Å². The van der Waals surface area contributed by atoms with Gasteiger partial charge in [-0.05, 0) is 20.8 Å². The van der Waals surface area contributed by atoms with Crippen LogP contribution in [0.5, 0.6) is 5.75 Å². The number of likely N-dealkylation sites (tertiary alicyclic amines) is 1. The molecule has 1 aromatic heterocycles. The van der Waals surface area contributed by atoms with Gasteiger partial charge in [0.15, 0.2) is 0 Å². The van der Waals surface area contributed by atoms with Crippen molar-refractivity contribution >= 4 is 17.6 Å². The topological polar surface area (TPSA) is 54.5 Å². The van der Waals surface area contributed by atoms with Crippen LogP contribution in [0.1, 0.15) is 27.2 Å². The Morgan fingerprint density at radius 2 is 2.30 bits per heavy atom. The van der Waals surface area contributed by atoms with Crippen LogP contribution >= 0.6 is 11.6 Å². The second kappa shape index (κ2) is 5.87. The van der Waals surface area contributed by atoms with Gasteiger partial charge in [-0.15, -0.1) is 0 Å². The maximum Gasteiger partial charge on any atom is 0.317 e. The molecule has 0 aliphatic carbocycles. The summed E-state index contributed by atoms with van der Waals surface area (Å²) in [6.07, 6.45) is 3.97. The lowest BCUT2D eigenvalue weighted by atomic mass is 10.1. The van der Waals surface area contributed by atoms with Gasteiger partial charge in [0.2, 0.25) is 0 Å². The molecule has 0 unspecified atom stereocenters. The number of rotatable bonds is 2. The van der Waals surface area contributed by atoms with Gasteiger partial charge >= 0.3 is 6.03 Å². The number of aromatic nitrogens is 1. The van der Waals surface area contributed by atoms with E-state index in [1.165, 1.54) is 0 Å². The molecule has 1 aromatic rings. The zero-order valence-corrected chi connectivity index (χ0v) is 12.8. The molecule has 2 heterocycles. The maximum absolute atomic E-state index is 12.0. The lowest BCUT2D eigenvalue weighted by molar-refractivity contribution is 0.181. The average molecular weight is 298 g/mol. The highest BCUT2D eigenvalue weighted by atomic mass is 35.5. The number of amides is 2. The highest BCUT2D eigenvalue weighted by Crippen LogP contribution is 2.25. The number of hydrogen-bond acceptors (Lipinski definition) is 3. The van der Waals surface area contributed by atoms with Crippen molar-refractivity contribution < 1.29 is 9.53 Å². The van der Waals surface area contributed by atoms with Crippen molar-refractivity contribution in [2.75, 3.05) is 13.1 Å². The number of carbonyl (C=O) groups is 1. The van der Waals surface area contributed by atoms with Crippen molar-refractivity contribution in [2.24, 2.45) is 0 Å². The molecule has 0 spiro atoms. The van der Waals surface area contributed by atoms with Crippen LogP contribution in [0.25, 0.3) is 0 Å². The van der Waals surface area contributed by atoms with E-state index in [2.05, 4.69) is 10.3 Å². The minimum atomic E-state index is -0.232. The van der Waals surface area contributed by atoms with Crippen molar-refractivity contribution in [1.29, 1.82) is 0 Å². The summed E-state index contributed by atoms with van der Waals surface area (Å²) in [7, 11) is 0. The Morgan fingerprint density at radius 1 is 1.55 bits per heavy atom. The quantitative estimate of drug-likeness (QED) is 0.913. The van der Waals surface area contributed by atoms with E-state index in [4.69, 9.17) is 16.3 Å². The predicted molar refractivity (Wildman–Crippen MR) is 78.1 cm³/mol. The van der Waals surface area contributed by atoms with Gasteiger partial charge in [-0.3, -0.25) is 4.98 Å². The number of pyridine rings is 1. The van der Waals surface area contributed by atoms with E-state index in [0.29, 0.717) is 23.9 Å². The largest absolute Gasteiger partial charge is 0.487 e. The summed E-state index contributed by atoms with van der Waals surface area (Å²) in [5.41, 5.74) is -0.232. The molecule has 1 saturated heterocycles. The monoisotopic (exact) mass is 297 g/mol. The van der Waals surface area contributed by atoms with Crippen molar-refractivity contribution in [1.82, 2.24) is 15.2 Å². The van der Waals surface area contributed by atoms with E-state index >= 15 is 0 Å². The Balaban J connectivity index is 1.90. The average Bonchev–Trinajstić information content (AvgIpc) is 2.79. The van der Waals surface area contributed by atoms with Gasteiger partial charge in [0.1, 0.15) is 16.9 Å². The summed E-state index contributed by atoms with van der Waals surface area (Å²) >= 11 is 6.01. The molecule has 1 aliphatic rings. The Bertz CT molecular complexity index is 488. The summed E-state index contributed by atoms with van der Waals surface area (Å²) in [5, 5.41) is 3.44. The molecule has 1 atom stereocenters. The van der Waals surface area contributed by atoms with E-state index in [1.54, 1.807) is 23.4 Å². The number of halogens is 1. The summed E-state index contributed by atoms with van der Waals surface area (Å²) in [6, 6.07) is 1.68. The SMILES string of the molecule is CC(C)(C)NC(=O)N1CC[C@@H](Oc2ccncc2Cl)C1. The Morgan fingerprint density at radius 3 is 2.95 bits per heavy atom. The molecule has 5 nitrogen and oxygen atoms in total. The van der Waals surface area contributed by atoms with Crippen LogP contribution < -0.4 is 10.1 Å². The standard InChI is InChI=1S/C14H20ClN3O2/c1-14(2,3)17-13(19)18-7-5-10(9-18)20-12-4-6-16-8-11(12)15/h4,6,8,10H,5,7,9H2,1-3H3,(H,17,19)/t10-/m1/s1. The fourth-order valence-corrected chi connectivity index (χ4v) is 2.21. The first kappa shape index (κ1) is 14.9. The van der Waals surface area contributed by atoms with Crippen molar-refractivity contribution in [3.8, 4) is 5.75 Å². The normalized spacial score (nSPS) is 19.0. The van der Waals surface area contributed by atoms with Crippen molar-refractivity contribution in [3.05, 3.63) is 23.5 Å². The third-order valence-corrected chi connectivity index (χ3v) is 3.23. The number of urea groups is 1. The van der Waals surface area contributed by atoms with E-state index in [1.807, 2.05) is 20.8 Å². The Hall–Kier alpha value is -1.49. The van der Waals surface area contributed by atoms with Gasteiger partial charge in [-0.1, -0.05) is 11.6 Å². The molecule has 2 rings (SSSR count). The lowest BCUT2D eigenvalue weighted by Gasteiger charge is -2.25. The second-order valence-electron chi connectivity index (χ2n) is 5.96. The van der Waals surface area contributed by atoms with E-state index in [0.717, 1.165) is 6.42 Å². The van der Waals surface area contributed by atoms with Crippen LogP contribution in [0, 0.1) is 0 Å². The first-order valence-corrected chi connectivity index (χ1v) is 7.06. The van der Waals surface area contributed by atoms with Gasteiger partial charge in [0.25, 0.3) is 0 Å². The molecular weight excluding hydrogens is 278 g/mol. The fraction of sp³-hybridized carbons (Fsp3) is 0.571. The molecule has 0 bridgehead atoms. The minimum Gasteiger partial charge on any atom is -0.487 e. The highest BCUT2D eigenvalue weighted by Gasteiger charge is 2.29. The zero-order chi connectivity index (χ0) is 14.8. The molecule has 20 heavy (non-hydrogen) atoms. The van der Waals surface area contributed by atoms with Crippen LogP contribution in [-0.2, 0) is 0 Å². The number of ether oxygens (including phenoxy) is 1. The number of nitrogens with zero attached hydrogens (tertiary/aromatic N) is 2. The van der Waals surface area contributed by atoms with Gasteiger partial charge in [-0.2, -0.15) is 0 Å². The number of carbonyl (C=O) groups excluding carboxylic acids is 1. The molecule has 1 aliphatic heterocycles. The molecular formula is C14H20ClN3O2. The highest BCUT2D eigenvalue weighted by molar-refractivity contribution is 6.31. The van der Waals surface area contributed by atoms with E-state index in [-0.39, 0.29) is 17.7 Å². The number of nitrogens with one attached hydrogen (secondary N) is 1. The first-order valence-electron chi connectivity index (χ1n) is 6.68. The lowest BCUT2D eigenvalue weighted by Crippen LogP contribution is -2.48. The van der Waals surface area contributed by atoms with Crippen molar-refractivity contribution in [2.45, 2.75) is 38.8 Å². The number of hydrogen-bond donors (Lipinski definition) is 1. The zero-order valence-electron chi connectivity index (χ0n) is 12.0. The third-order valence-electron chi connectivity index (χ3n) is 2.94. The summed E-state index contributed by atoms with van der Waals surface area (Å²) in [4.78, 5) is 17.7. The van der Waals surface area contributed by atoms with Gasteiger partial charge < -0.3 is 15.0 Å². The fourth-order valence-electron chi connectivity index (χ4n) is 2.05. The molecule has 6 heteroatoms. The molecule has 0 saturated carbocycles. The van der Waals surface area contributed by atoms with Crippen LogP contribution in [0.15, 0.2) is 18.5 Å². The van der Waals surface area contributed by atoms with Gasteiger partial charge in [0.05, 0.1) is 6.54 Å². The van der Waals surface area contributed by atoms with Gasteiger partial charge in [-0.25, -0.2) is 4.79 Å². The van der Waals surface area contributed by atoms with Crippen LogP contribution in [-0.4, -0.2) is 40.6 Å². The van der Waals surface area contributed by atoms with Gasteiger partial charge in [0, 0.05) is 37.0 Å². The molecule has 0 radical (unpaired) electrons. The Kier molecular flexibility index (Phi) is 4.38. The molecule has 110 valence electrons. The molecule has 1 fully saturated rings.